The number of rotatable bonds is 6. The highest BCUT2D eigenvalue weighted by Crippen LogP contribution is 2.40. The number of aromatic nitrogens is 1. The van der Waals surface area contributed by atoms with Crippen LogP contribution in [0.15, 0.2) is 42.7 Å². The van der Waals surface area contributed by atoms with Crippen molar-refractivity contribution in [3.8, 4) is 11.9 Å². The van der Waals surface area contributed by atoms with Crippen LogP contribution < -0.4 is 14.5 Å². The van der Waals surface area contributed by atoms with Crippen LogP contribution in [0.2, 0.25) is 0 Å². The predicted octanol–water partition coefficient (Wildman–Crippen LogP) is 4.72. The summed E-state index contributed by atoms with van der Waals surface area (Å²) in [5, 5.41) is 12.3. The summed E-state index contributed by atoms with van der Waals surface area (Å²) in [5.41, 5.74) is 4.54. The van der Waals surface area contributed by atoms with Gasteiger partial charge in [-0.1, -0.05) is 24.8 Å². The summed E-state index contributed by atoms with van der Waals surface area (Å²) < 4.78 is 34.5. The summed E-state index contributed by atoms with van der Waals surface area (Å²) in [5.74, 6) is -1.59. The van der Waals surface area contributed by atoms with Crippen LogP contribution in [-0.4, -0.2) is 79.7 Å². The minimum atomic E-state index is -0.969. The second kappa shape index (κ2) is 11.8. The molecule has 3 aliphatic rings. The molecule has 2 fully saturated rings. The fourth-order valence-corrected chi connectivity index (χ4v) is 6.74. The van der Waals surface area contributed by atoms with Gasteiger partial charge >= 0.3 is 0 Å². The summed E-state index contributed by atoms with van der Waals surface area (Å²) in [4.78, 5) is 25.2. The molecule has 1 atom stereocenters. The van der Waals surface area contributed by atoms with Crippen LogP contribution >= 0.6 is 0 Å². The van der Waals surface area contributed by atoms with E-state index in [2.05, 4.69) is 34.4 Å². The molecule has 0 radical (unpaired) electrons. The fraction of sp³-hybridized carbons (Fsp3) is 0.424. The molecular weight excluding hydrogens is 550 g/mol. The number of hydrogen-bond donors (Lipinski definition) is 0. The van der Waals surface area contributed by atoms with E-state index in [1.54, 1.807) is 0 Å². The average molecular weight is 587 g/mol. The Morgan fingerprint density at radius 2 is 1.93 bits per heavy atom. The minimum Gasteiger partial charge on any atom is -0.475 e. The van der Waals surface area contributed by atoms with E-state index in [9.17, 15) is 18.8 Å². The Labute approximate surface area is 250 Å². The Bertz CT molecular complexity index is 1630. The molecule has 3 aromatic rings. The molecule has 1 amide bonds. The molecule has 0 saturated carbocycles. The molecular formula is C33H36F2N6O2. The first-order valence-electron chi connectivity index (χ1n) is 14.9. The zero-order valence-corrected chi connectivity index (χ0v) is 24.7. The normalized spacial score (nSPS) is 19.0. The zero-order chi connectivity index (χ0) is 30.2. The number of ether oxygens (including phenoxy) is 1. The van der Waals surface area contributed by atoms with Crippen molar-refractivity contribution >= 4 is 28.1 Å². The van der Waals surface area contributed by atoms with Crippen molar-refractivity contribution in [3.05, 3.63) is 70.9 Å². The number of likely N-dealkylation sites (tertiary alicyclic amines) is 1. The Balaban J connectivity index is 1.38. The second-order valence-electron chi connectivity index (χ2n) is 11.7. The van der Waals surface area contributed by atoms with Gasteiger partial charge in [-0.2, -0.15) is 5.26 Å². The van der Waals surface area contributed by atoms with Crippen molar-refractivity contribution in [2.75, 3.05) is 62.7 Å². The lowest BCUT2D eigenvalue weighted by Crippen LogP contribution is -2.49. The molecule has 0 N–H and O–H groups in total. The topological polar surface area (TPSA) is 75.9 Å². The van der Waals surface area contributed by atoms with Crippen molar-refractivity contribution in [1.29, 1.82) is 5.26 Å². The Morgan fingerprint density at radius 1 is 1.14 bits per heavy atom. The molecule has 0 unspecified atom stereocenters. The number of carbonyl (C=O) groups excluding carboxylic acids is 1. The van der Waals surface area contributed by atoms with Gasteiger partial charge in [-0.3, -0.25) is 4.79 Å². The van der Waals surface area contributed by atoms with Crippen molar-refractivity contribution < 1.29 is 18.3 Å². The Hall–Kier alpha value is -4.23. The van der Waals surface area contributed by atoms with E-state index >= 15 is 0 Å². The quantitative estimate of drug-likeness (QED) is 0.387. The van der Waals surface area contributed by atoms with E-state index in [-0.39, 0.29) is 11.9 Å². The van der Waals surface area contributed by atoms with Gasteiger partial charge in [0.05, 0.1) is 17.9 Å². The number of nitriles is 1. The van der Waals surface area contributed by atoms with Crippen LogP contribution in [0.1, 0.15) is 35.2 Å². The summed E-state index contributed by atoms with van der Waals surface area (Å²) >= 11 is 0. The summed E-state index contributed by atoms with van der Waals surface area (Å²) in [6.45, 7) is 9.07. The summed E-state index contributed by atoms with van der Waals surface area (Å²) in [6, 6.07) is 11.9. The highest BCUT2D eigenvalue weighted by molar-refractivity contribution is 5.97. The number of halogens is 2. The monoisotopic (exact) mass is 586 g/mol. The Kier molecular flexibility index (Phi) is 7.93. The third-order valence-electron chi connectivity index (χ3n) is 9.16. The Morgan fingerprint density at radius 3 is 2.63 bits per heavy atom. The number of piperazine rings is 1. The summed E-state index contributed by atoms with van der Waals surface area (Å²) in [6.07, 6.45) is 2.76. The number of fused-ring (bicyclic) bond motifs is 2. The molecule has 2 saturated heterocycles. The molecule has 43 heavy (non-hydrogen) atoms. The molecule has 3 aliphatic heterocycles. The first-order valence-corrected chi connectivity index (χ1v) is 14.9. The van der Waals surface area contributed by atoms with Gasteiger partial charge in [-0.25, -0.2) is 13.8 Å². The van der Waals surface area contributed by atoms with Gasteiger partial charge in [0, 0.05) is 55.4 Å². The lowest BCUT2D eigenvalue weighted by Gasteiger charge is -2.39. The number of likely N-dealkylation sites (N-methyl/N-ethyl adjacent to an activating group) is 1. The fourth-order valence-electron chi connectivity index (χ4n) is 6.74. The molecule has 224 valence electrons. The van der Waals surface area contributed by atoms with Gasteiger partial charge in [0.25, 0.3) is 5.91 Å². The number of hydrogen-bond acceptors (Lipinski definition) is 7. The van der Waals surface area contributed by atoms with Gasteiger partial charge in [0.1, 0.15) is 24.1 Å². The largest absolute Gasteiger partial charge is 0.475 e. The third kappa shape index (κ3) is 5.38. The van der Waals surface area contributed by atoms with E-state index in [4.69, 9.17) is 9.72 Å². The van der Waals surface area contributed by atoms with Gasteiger partial charge in [-0.15, -0.1) is 0 Å². The van der Waals surface area contributed by atoms with Crippen molar-refractivity contribution in [2.45, 2.75) is 38.8 Å². The number of carbonyl (C=O) groups is 1. The molecule has 6 rings (SSSR count). The standard InChI is InChI=1S/C33H36F2N6O2/c1-21-27(35)10-9-23-6-4-8-29(30(21)23)41-13-11-25-28(19-41)37-32(43-20-24-7-5-12-38(24)3)26(18-36)31(25)39-14-16-40(17-15-39)33(42)22(2)34/h4,6,8-10,24H,2,5,7,11-17,19-20H2,1,3H3/t24-/m0/s1. The minimum absolute atomic E-state index is 0.238. The number of nitrogens with zero attached hydrogens (tertiary/aromatic N) is 6. The number of benzene rings is 2. The summed E-state index contributed by atoms with van der Waals surface area (Å²) in [7, 11) is 2.08. The van der Waals surface area contributed by atoms with E-state index in [1.807, 2.05) is 31.2 Å². The van der Waals surface area contributed by atoms with Crippen LogP contribution in [0.5, 0.6) is 5.88 Å². The number of pyridine rings is 1. The van der Waals surface area contributed by atoms with E-state index in [0.29, 0.717) is 69.3 Å². The maximum Gasteiger partial charge on any atom is 0.282 e. The second-order valence-corrected chi connectivity index (χ2v) is 11.7. The number of anilines is 2. The van der Waals surface area contributed by atoms with Gasteiger partial charge in [-0.05, 0) is 62.9 Å². The van der Waals surface area contributed by atoms with Crippen LogP contribution in [0.3, 0.4) is 0 Å². The van der Waals surface area contributed by atoms with Gasteiger partial charge < -0.3 is 24.3 Å². The van der Waals surface area contributed by atoms with Crippen LogP contribution in [0.4, 0.5) is 20.2 Å². The predicted molar refractivity (Wildman–Crippen MR) is 163 cm³/mol. The molecule has 4 heterocycles. The van der Waals surface area contributed by atoms with Crippen LogP contribution in [0.25, 0.3) is 10.8 Å². The lowest BCUT2D eigenvalue weighted by atomic mass is 9.96. The first kappa shape index (κ1) is 28.9. The molecule has 8 nitrogen and oxygen atoms in total. The van der Waals surface area contributed by atoms with Crippen molar-refractivity contribution in [2.24, 2.45) is 0 Å². The smallest absolute Gasteiger partial charge is 0.282 e. The van der Waals surface area contributed by atoms with E-state index in [1.165, 1.54) is 11.0 Å². The first-order chi connectivity index (χ1) is 20.8. The number of aryl methyl sites for hydroxylation is 1. The average Bonchev–Trinajstić information content (AvgIpc) is 3.44. The highest BCUT2D eigenvalue weighted by atomic mass is 19.1. The molecule has 0 spiro atoms. The highest BCUT2D eigenvalue weighted by Gasteiger charge is 2.33. The maximum atomic E-state index is 14.7. The molecule has 1 aromatic heterocycles. The third-order valence-corrected chi connectivity index (χ3v) is 9.16. The van der Waals surface area contributed by atoms with E-state index in [0.717, 1.165) is 52.8 Å². The van der Waals surface area contributed by atoms with E-state index < -0.39 is 11.7 Å². The van der Waals surface area contributed by atoms with Crippen LogP contribution in [-0.2, 0) is 17.8 Å². The number of amides is 1. The van der Waals surface area contributed by atoms with Gasteiger partial charge in [0.2, 0.25) is 5.88 Å². The lowest BCUT2D eigenvalue weighted by molar-refractivity contribution is -0.128. The van der Waals surface area contributed by atoms with Gasteiger partial charge in [0.15, 0.2) is 5.83 Å². The molecule has 2 aromatic carbocycles. The maximum absolute atomic E-state index is 14.7. The SMILES string of the molecule is C=C(F)C(=O)N1CCN(c2c(C#N)c(OC[C@@H]3CCCN3C)nc3c2CCN(c2cccc4ccc(F)c(C)c24)C3)CC1. The molecule has 10 heteroatoms. The molecule has 0 bridgehead atoms. The zero-order valence-electron chi connectivity index (χ0n) is 24.7. The molecule has 0 aliphatic carbocycles. The van der Waals surface area contributed by atoms with Crippen molar-refractivity contribution in [3.63, 3.8) is 0 Å². The van der Waals surface area contributed by atoms with Crippen LogP contribution in [0, 0.1) is 24.1 Å². The van der Waals surface area contributed by atoms with Crippen molar-refractivity contribution in [1.82, 2.24) is 14.8 Å².